The summed E-state index contributed by atoms with van der Waals surface area (Å²) in [6.45, 7) is 6.83. The third-order valence-electron chi connectivity index (χ3n) is 1.77. The lowest BCUT2D eigenvalue weighted by Crippen LogP contribution is -2.33. The Morgan fingerprint density at radius 3 is 2.46 bits per heavy atom. The van der Waals surface area contributed by atoms with E-state index in [-0.39, 0.29) is 11.9 Å². The summed E-state index contributed by atoms with van der Waals surface area (Å²) in [7, 11) is 1.60. The fraction of sp³-hybridized carbons (Fsp3) is 0.900. The van der Waals surface area contributed by atoms with E-state index >= 15 is 0 Å². The quantitative estimate of drug-likeness (QED) is 0.685. The van der Waals surface area contributed by atoms with Gasteiger partial charge in [0.2, 0.25) is 5.91 Å². The van der Waals surface area contributed by atoms with Crippen LogP contribution in [0.1, 0.15) is 33.6 Å². The first-order chi connectivity index (χ1) is 6.06. The minimum absolute atomic E-state index is 0.0787. The van der Waals surface area contributed by atoms with Gasteiger partial charge < -0.3 is 10.1 Å². The molecular formula is C10H21NO2. The van der Waals surface area contributed by atoms with Crippen LogP contribution in [-0.2, 0) is 9.53 Å². The molecular weight excluding hydrogens is 166 g/mol. The van der Waals surface area contributed by atoms with E-state index in [4.69, 9.17) is 4.74 Å². The largest absolute Gasteiger partial charge is 0.384 e. The number of ether oxygens (including phenoxy) is 1. The summed E-state index contributed by atoms with van der Waals surface area (Å²) in [6, 6.07) is 0.268. The second-order valence-corrected chi connectivity index (χ2v) is 3.84. The van der Waals surface area contributed by atoms with Crippen molar-refractivity contribution in [2.45, 2.75) is 39.7 Å². The predicted octanol–water partition coefficient (Wildman–Crippen LogP) is 1.57. The maximum Gasteiger partial charge on any atom is 0.222 e. The Morgan fingerprint density at radius 1 is 1.38 bits per heavy atom. The van der Waals surface area contributed by atoms with E-state index < -0.39 is 0 Å². The van der Waals surface area contributed by atoms with Crippen molar-refractivity contribution in [3.8, 4) is 0 Å². The zero-order chi connectivity index (χ0) is 10.3. The molecule has 1 N–H and O–H groups in total. The van der Waals surface area contributed by atoms with E-state index in [1.165, 1.54) is 0 Å². The smallest absolute Gasteiger partial charge is 0.222 e. The summed E-state index contributed by atoms with van der Waals surface area (Å²) < 4.78 is 4.81. The number of rotatable bonds is 6. The molecule has 0 fully saturated rings. The zero-order valence-corrected chi connectivity index (χ0v) is 9.09. The lowest BCUT2D eigenvalue weighted by atomic mass is 10.1. The van der Waals surface area contributed by atoms with Crippen molar-refractivity contribution in [1.82, 2.24) is 5.32 Å². The lowest BCUT2D eigenvalue weighted by molar-refractivity contribution is -0.122. The maximum absolute atomic E-state index is 11.2. The van der Waals surface area contributed by atoms with Gasteiger partial charge in [-0.1, -0.05) is 13.8 Å². The summed E-state index contributed by atoms with van der Waals surface area (Å²) in [5, 5.41) is 2.93. The second-order valence-electron chi connectivity index (χ2n) is 3.84. The molecule has 13 heavy (non-hydrogen) atoms. The zero-order valence-electron chi connectivity index (χ0n) is 9.09. The minimum atomic E-state index is 0.0787. The van der Waals surface area contributed by atoms with Crippen molar-refractivity contribution >= 4 is 5.91 Å². The number of methoxy groups -OCH3 is 1. The summed E-state index contributed by atoms with van der Waals surface area (Å²) in [4.78, 5) is 11.2. The van der Waals surface area contributed by atoms with Crippen LogP contribution in [0.3, 0.4) is 0 Å². The van der Waals surface area contributed by atoms with Crippen LogP contribution in [0.4, 0.5) is 0 Å². The molecule has 1 amide bonds. The van der Waals surface area contributed by atoms with Crippen LogP contribution in [0.25, 0.3) is 0 Å². The Bertz CT molecular complexity index is 146. The van der Waals surface area contributed by atoms with Crippen LogP contribution in [-0.4, -0.2) is 25.7 Å². The van der Waals surface area contributed by atoms with Crippen molar-refractivity contribution in [2.75, 3.05) is 13.7 Å². The van der Waals surface area contributed by atoms with E-state index in [0.29, 0.717) is 18.9 Å². The molecule has 0 rings (SSSR count). The van der Waals surface area contributed by atoms with Crippen molar-refractivity contribution in [2.24, 2.45) is 5.92 Å². The molecule has 0 aromatic rings. The molecule has 0 aliphatic rings. The van der Waals surface area contributed by atoms with Gasteiger partial charge in [0.25, 0.3) is 0 Å². The summed E-state index contributed by atoms with van der Waals surface area (Å²) >= 11 is 0. The molecule has 0 saturated carbocycles. The first-order valence-corrected chi connectivity index (χ1v) is 4.84. The molecule has 0 aliphatic carbocycles. The number of amides is 1. The van der Waals surface area contributed by atoms with Gasteiger partial charge in [-0.3, -0.25) is 4.79 Å². The lowest BCUT2D eigenvalue weighted by Gasteiger charge is -2.15. The van der Waals surface area contributed by atoms with Crippen molar-refractivity contribution < 1.29 is 9.53 Å². The number of nitrogens with one attached hydrogen (secondary N) is 1. The van der Waals surface area contributed by atoms with Gasteiger partial charge in [-0.25, -0.2) is 0 Å². The monoisotopic (exact) mass is 187 g/mol. The average Bonchev–Trinajstić information content (AvgIpc) is 1.98. The van der Waals surface area contributed by atoms with Crippen molar-refractivity contribution in [3.63, 3.8) is 0 Å². The van der Waals surface area contributed by atoms with Gasteiger partial charge in [0.15, 0.2) is 0 Å². The van der Waals surface area contributed by atoms with Gasteiger partial charge in [-0.2, -0.15) is 0 Å². The van der Waals surface area contributed by atoms with Crippen LogP contribution >= 0.6 is 0 Å². The molecule has 0 aliphatic heterocycles. The van der Waals surface area contributed by atoms with Crippen LogP contribution in [0.15, 0.2) is 0 Å². The van der Waals surface area contributed by atoms with E-state index in [0.717, 1.165) is 6.42 Å². The minimum Gasteiger partial charge on any atom is -0.384 e. The average molecular weight is 187 g/mol. The van der Waals surface area contributed by atoms with Crippen LogP contribution < -0.4 is 5.32 Å². The van der Waals surface area contributed by atoms with Gasteiger partial charge in [-0.05, 0) is 19.3 Å². The number of hydrogen-bond acceptors (Lipinski definition) is 2. The Labute approximate surface area is 80.8 Å². The Hall–Kier alpha value is -0.570. The highest BCUT2D eigenvalue weighted by Crippen LogP contribution is 2.03. The highest BCUT2D eigenvalue weighted by atomic mass is 16.5. The van der Waals surface area contributed by atoms with Gasteiger partial charge in [-0.15, -0.1) is 0 Å². The van der Waals surface area contributed by atoms with E-state index in [2.05, 4.69) is 19.2 Å². The molecule has 78 valence electrons. The first-order valence-electron chi connectivity index (χ1n) is 4.84. The van der Waals surface area contributed by atoms with Crippen LogP contribution in [0.2, 0.25) is 0 Å². The molecule has 0 heterocycles. The molecule has 3 nitrogen and oxygen atoms in total. The second kappa shape index (κ2) is 6.89. The third-order valence-corrected chi connectivity index (χ3v) is 1.77. The fourth-order valence-electron chi connectivity index (χ4n) is 1.31. The summed E-state index contributed by atoms with van der Waals surface area (Å²) in [5.74, 6) is 0.702. The van der Waals surface area contributed by atoms with Crippen LogP contribution in [0, 0.1) is 5.92 Å². The Kier molecular flexibility index (Phi) is 6.59. The highest BCUT2D eigenvalue weighted by Gasteiger charge is 2.08. The summed E-state index contributed by atoms with van der Waals surface area (Å²) in [6.07, 6.45) is 1.48. The molecule has 0 aromatic heterocycles. The molecule has 0 saturated heterocycles. The molecule has 1 atom stereocenters. The Balaban J connectivity index is 3.53. The molecule has 0 bridgehead atoms. The highest BCUT2D eigenvalue weighted by molar-refractivity contribution is 5.76. The normalized spacial score (nSPS) is 13.0. The standard InChI is InChI=1S/C10H21NO2/c1-8(2)7-9(3)11-10(12)5-6-13-4/h8-9H,5-7H2,1-4H3,(H,11,12)/t9-/m1/s1. The maximum atomic E-state index is 11.2. The topological polar surface area (TPSA) is 38.3 Å². The van der Waals surface area contributed by atoms with Gasteiger partial charge in [0.1, 0.15) is 0 Å². The van der Waals surface area contributed by atoms with E-state index in [1.54, 1.807) is 7.11 Å². The van der Waals surface area contributed by atoms with Gasteiger partial charge >= 0.3 is 0 Å². The van der Waals surface area contributed by atoms with Crippen LogP contribution in [0.5, 0.6) is 0 Å². The SMILES string of the molecule is COCCC(=O)N[C@H](C)CC(C)C. The third kappa shape index (κ3) is 7.78. The summed E-state index contributed by atoms with van der Waals surface area (Å²) in [5.41, 5.74) is 0. The molecule has 0 unspecified atom stereocenters. The number of carbonyl (C=O) groups is 1. The molecule has 0 aromatic carbocycles. The fourth-order valence-corrected chi connectivity index (χ4v) is 1.31. The van der Waals surface area contributed by atoms with Crippen molar-refractivity contribution in [3.05, 3.63) is 0 Å². The Morgan fingerprint density at radius 2 is 2.00 bits per heavy atom. The van der Waals surface area contributed by atoms with E-state index in [9.17, 15) is 4.79 Å². The number of carbonyl (C=O) groups excluding carboxylic acids is 1. The molecule has 0 radical (unpaired) electrons. The molecule has 0 spiro atoms. The number of hydrogen-bond donors (Lipinski definition) is 1. The van der Waals surface area contributed by atoms with Gasteiger partial charge in [0.05, 0.1) is 6.61 Å². The van der Waals surface area contributed by atoms with Crippen molar-refractivity contribution in [1.29, 1.82) is 0 Å². The predicted molar refractivity (Wildman–Crippen MR) is 53.6 cm³/mol. The van der Waals surface area contributed by atoms with Gasteiger partial charge in [0, 0.05) is 19.6 Å². The molecule has 3 heteroatoms. The first kappa shape index (κ1) is 12.4. The van der Waals surface area contributed by atoms with E-state index in [1.807, 2.05) is 6.92 Å².